The van der Waals surface area contributed by atoms with Gasteiger partial charge in [0.05, 0.1) is 0 Å². The molecule has 0 aliphatic heterocycles. The minimum Gasteiger partial charge on any atom is -0.366 e. The van der Waals surface area contributed by atoms with Crippen LogP contribution in [0.1, 0.15) is 29.6 Å². The monoisotopic (exact) mass is 244 g/mol. The lowest BCUT2D eigenvalue weighted by Crippen LogP contribution is -2.23. The second-order valence-electron chi connectivity index (χ2n) is 4.41. The molecule has 0 aromatic heterocycles. The van der Waals surface area contributed by atoms with E-state index in [2.05, 4.69) is 11.4 Å². The van der Waals surface area contributed by atoms with Crippen molar-refractivity contribution in [1.82, 2.24) is 0 Å². The summed E-state index contributed by atoms with van der Waals surface area (Å²) in [5, 5.41) is 2.85. The van der Waals surface area contributed by atoms with E-state index in [4.69, 9.17) is 5.73 Å². The van der Waals surface area contributed by atoms with E-state index in [1.807, 2.05) is 6.08 Å². The quantitative estimate of drug-likeness (QED) is 0.799. The normalized spacial score (nSPS) is 18.3. The predicted octanol–water partition coefficient (Wildman–Crippen LogP) is 2.08. The molecule has 3 N–H and O–H groups in total. The molecule has 18 heavy (non-hydrogen) atoms. The highest BCUT2D eigenvalue weighted by Crippen LogP contribution is 2.20. The van der Waals surface area contributed by atoms with Crippen LogP contribution >= 0.6 is 0 Å². The van der Waals surface area contributed by atoms with Crippen LogP contribution in [0.15, 0.2) is 36.4 Å². The van der Waals surface area contributed by atoms with Crippen molar-refractivity contribution >= 4 is 17.5 Å². The number of carbonyl (C=O) groups is 2. The zero-order chi connectivity index (χ0) is 13.0. The van der Waals surface area contributed by atoms with Gasteiger partial charge in [0.25, 0.3) is 0 Å². The Balaban J connectivity index is 1.98. The number of anilines is 1. The lowest BCUT2D eigenvalue weighted by atomic mass is 9.93. The van der Waals surface area contributed by atoms with Gasteiger partial charge < -0.3 is 11.1 Å². The number of nitrogens with two attached hydrogens (primary N) is 1. The Kier molecular flexibility index (Phi) is 3.77. The lowest BCUT2D eigenvalue weighted by molar-refractivity contribution is -0.120. The van der Waals surface area contributed by atoms with E-state index < -0.39 is 5.91 Å². The van der Waals surface area contributed by atoms with Gasteiger partial charge in [-0.15, -0.1) is 0 Å². The van der Waals surface area contributed by atoms with Gasteiger partial charge in [0.2, 0.25) is 11.8 Å². The van der Waals surface area contributed by atoms with E-state index in [9.17, 15) is 9.59 Å². The first-order valence-electron chi connectivity index (χ1n) is 6.02. The number of primary amides is 1. The van der Waals surface area contributed by atoms with Crippen LogP contribution in [-0.2, 0) is 4.79 Å². The molecule has 2 amide bonds. The highest BCUT2D eigenvalue weighted by molar-refractivity contribution is 5.95. The highest BCUT2D eigenvalue weighted by atomic mass is 16.2. The van der Waals surface area contributed by atoms with Gasteiger partial charge in [-0.1, -0.05) is 12.2 Å². The Labute approximate surface area is 106 Å². The van der Waals surface area contributed by atoms with Gasteiger partial charge in [0.15, 0.2) is 0 Å². The predicted molar refractivity (Wildman–Crippen MR) is 70.1 cm³/mol. The molecular formula is C14H16N2O2. The standard InChI is InChI=1S/C14H16N2O2/c15-13(17)10-6-8-12(9-7-10)16-14(18)11-4-2-1-3-5-11/h1-2,6-9,11H,3-5H2,(H2,15,17)(H,16,18)/t11-/m1/s1. The Morgan fingerprint density at radius 2 is 1.89 bits per heavy atom. The van der Waals surface area contributed by atoms with Gasteiger partial charge in [-0.05, 0) is 43.5 Å². The summed E-state index contributed by atoms with van der Waals surface area (Å²) >= 11 is 0. The van der Waals surface area contributed by atoms with E-state index in [1.54, 1.807) is 24.3 Å². The molecule has 0 bridgehead atoms. The van der Waals surface area contributed by atoms with Crippen molar-refractivity contribution in [2.45, 2.75) is 19.3 Å². The van der Waals surface area contributed by atoms with Crippen molar-refractivity contribution in [1.29, 1.82) is 0 Å². The van der Waals surface area contributed by atoms with Crippen LogP contribution in [0.5, 0.6) is 0 Å². The number of amides is 2. The summed E-state index contributed by atoms with van der Waals surface area (Å²) in [7, 11) is 0. The molecule has 1 aliphatic rings. The van der Waals surface area contributed by atoms with Crippen molar-refractivity contribution in [3.63, 3.8) is 0 Å². The summed E-state index contributed by atoms with van der Waals surface area (Å²) in [5.41, 5.74) is 6.28. The maximum Gasteiger partial charge on any atom is 0.248 e. The minimum absolute atomic E-state index is 0.0335. The summed E-state index contributed by atoms with van der Waals surface area (Å²) in [6.45, 7) is 0. The van der Waals surface area contributed by atoms with E-state index >= 15 is 0 Å². The van der Waals surface area contributed by atoms with Gasteiger partial charge >= 0.3 is 0 Å². The van der Waals surface area contributed by atoms with Crippen LogP contribution in [0.4, 0.5) is 5.69 Å². The second kappa shape index (κ2) is 5.49. The molecule has 0 radical (unpaired) electrons. The number of benzene rings is 1. The third kappa shape index (κ3) is 2.97. The molecule has 4 nitrogen and oxygen atoms in total. The van der Waals surface area contributed by atoms with E-state index in [-0.39, 0.29) is 11.8 Å². The Morgan fingerprint density at radius 3 is 2.44 bits per heavy atom. The first-order valence-corrected chi connectivity index (χ1v) is 6.02. The topological polar surface area (TPSA) is 72.2 Å². The SMILES string of the molecule is NC(=O)c1ccc(NC(=O)[C@@H]2CC=CCC2)cc1. The summed E-state index contributed by atoms with van der Waals surface area (Å²) < 4.78 is 0. The fourth-order valence-electron chi connectivity index (χ4n) is 1.99. The van der Waals surface area contributed by atoms with Crippen LogP contribution < -0.4 is 11.1 Å². The lowest BCUT2D eigenvalue weighted by Gasteiger charge is -2.17. The van der Waals surface area contributed by atoms with Crippen molar-refractivity contribution in [3.8, 4) is 0 Å². The maximum absolute atomic E-state index is 11.9. The van der Waals surface area contributed by atoms with E-state index in [1.165, 1.54) is 0 Å². The van der Waals surface area contributed by atoms with Crippen LogP contribution in [0.2, 0.25) is 0 Å². The number of hydrogen-bond donors (Lipinski definition) is 2. The summed E-state index contributed by atoms with van der Waals surface area (Å²) in [6.07, 6.45) is 6.79. The number of nitrogens with one attached hydrogen (secondary N) is 1. The smallest absolute Gasteiger partial charge is 0.248 e. The van der Waals surface area contributed by atoms with Crippen molar-refractivity contribution in [2.24, 2.45) is 11.7 Å². The number of rotatable bonds is 3. The molecule has 0 saturated heterocycles. The molecule has 1 aromatic rings. The Hall–Kier alpha value is -2.10. The largest absolute Gasteiger partial charge is 0.366 e. The van der Waals surface area contributed by atoms with Gasteiger partial charge in [0.1, 0.15) is 0 Å². The van der Waals surface area contributed by atoms with Gasteiger partial charge in [-0.2, -0.15) is 0 Å². The number of allylic oxidation sites excluding steroid dienone is 2. The maximum atomic E-state index is 11.9. The number of hydrogen-bond acceptors (Lipinski definition) is 2. The average molecular weight is 244 g/mol. The molecule has 0 heterocycles. The molecular weight excluding hydrogens is 228 g/mol. The molecule has 1 atom stereocenters. The van der Waals surface area contributed by atoms with Crippen molar-refractivity contribution in [2.75, 3.05) is 5.32 Å². The Bertz CT molecular complexity index is 477. The van der Waals surface area contributed by atoms with Crippen LogP contribution in [0.25, 0.3) is 0 Å². The first kappa shape index (κ1) is 12.4. The van der Waals surface area contributed by atoms with E-state index in [0.29, 0.717) is 11.3 Å². The summed E-state index contributed by atoms with van der Waals surface area (Å²) in [4.78, 5) is 22.9. The van der Waals surface area contributed by atoms with Gasteiger partial charge in [-0.3, -0.25) is 9.59 Å². The van der Waals surface area contributed by atoms with Gasteiger partial charge in [0, 0.05) is 17.2 Å². The van der Waals surface area contributed by atoms with Gasteiger partial charge in [-0.25, -0.2) is 0 Å². The minimum atomic E-state index is -0.467. The molecule has 1 aromatic carbocycles. The zero-order valence-corrected chi connectivity index (χ0v) is 10.1. The molecule has 0 spiro atoms. The summed E-state index contributed by atoms with van der Waals surface area (Å²) in [6, 6.07) is 6.60. The fraction of sp³-hybridized carbons (Fsp3) is 0.286. The first-order chi connectivity index (χ1) is 8.66. The van der Waals surface area contributed by atoms with Crippen molar-refractivity contribution in [3.05, 3.63) is 42.0 Å². The fourth-order valence-corrected chi connectivity index (χ4v) is 1.99. The van der Waals surface area contributed by atoms with Crippen LogP contribution in [-0.4, -0.2) is 11.8 Å². The molecule has 2 rings (SSSR count). The Morgan fingerprint density at radius 1 is 1.17 bits per heavy atom. The van der Waals surface area contributed by atoms with Crippen molar-refractivity contribution < 1.29 is 9.59 Å². The molecule has 4 heteroatoms. The molecule has 0 fully saturated rings. The highest BCUT2D eigenvalue weighted by Gasteiger charge is 2.18. The number of carbonyl (C=O) groups excluding carboxylic acids is 2. The molecule has 1 aliphatic carbocycles. The van der Waals surface area contributed by atoms with Crippen LogP contribution in [0, 0.1) is 5.92 Å². The zero-order valence-electron chi connectivity index (χ0n) is 10.1. The molecule has 0 saturated carbocycles. The second-order valence-corrected chi connectivity index (χ2v) is 4.41. The molecule has 0 unspecified atom stereocenters. The third-order valence-corrected chi connectivity index (χ3v) is 3.08. The van der Waals surface area contributed by atoms with E-state index in [0.717, 1.165) is 19.3 Å². The molecule has 94 valence electrons. The summed E-state index contributed by atoms with van der Waals surface area (Å²) in [5.74, 6) is -0.387. The third-order valence-electron chi connectivity index (χ3n) is 3.08. The average Bonchev–Trinajstić information content (AvgIpc) is 2.40. The van der Waals surface area contributed by atoms with Crippen LogP contribution in [0.3, 0.4) is 0 Å².